The van der Waals surface area contributed by atoms with Gasteiger partial charge in [0.05, 0.1) is 5.52 Å². The molecule has 1 heterocycles. The third-order valence-electron chi connectivity index (χ3n) is 2.96. The molecule has 3 nitrogen and oxygen atoms in total. The smallest absolute Gasteiger partial charge is 0.445 e. The molecule has 0 N–H and O–H groups in total. The summed E-state index contributed by atoms with van der Waals surface area (Å²) in [7, 11) is 0. The van der Waals surface area contributed by atoms with Crippen molar-refractivity contribution >= 4 is 29.4 Å². The Kier molecular flexibility index (Phi) is 6.01. The second-order valence-electron chi connectivity index (χ2n) is 5.99. The van der Waals surface area contributed by atoms with Gasteiger partial charge < -0.3 is 17.7 Å². The van der Waals surface area contributed by atoms with Crippen LogP contribution < -0.4 is 56.8 Å². The van der Waals surface area contributed by atoms with Crippen LogP contribution in [0.25, 0.3) is 10.9 Å². The normalized spacial score (nSPS) is 12.1. The number of carbonyl (C=O) groups is 1. The summed E-state index contributed by atoms with van der Waals surface area (Å²) in [6.45, 7) is 1.80. The maximum absolute atomic E-state index is 12.8. The van der Waals surface area contributed by atoms with E-state index in [1.54, 1.807) is 33.8 Å². The first-order valence-electron chi connectivity index (χ1n) is 6.54. The summed E-state index contributed by atoms with van der Waals surface area (Å²) in [6, 6.07) is 4.90. The Morgan fingerprint density at radius 2 is 1.77 bits per heavy atom. The van der Waals surface area contributed by atoms with E-state index in [9.17, 15) is 17.7 Å². The summed E-state index contributed by atoms with van der Waals surface area (Å²) < 4.78 is 44.9. The maximum atomic E-state index is 12.8. The first-order chi connectivity index (χ1) is 9.49. The zero-order chi connectivity index (χ0) is 16.0. The van der Waals surface area contributed by atoms with Crippen LogP contribution in [0.5, 0.6) is 0 Å². The maximum Gasteiger partial charge on any atom is 1.00 e. The second-order valence-corrected chi connectivity index (χ2v) is 5.99. The number of carbonyl (C=O) groups excluding carboxylic acids is 1. The van der Waals surface area contributed by atoms with Gasteiger partial charge in [-0.25, -0.2) is 9.36 Å². The number of hydrogen-bond acceptors (Lipinski definition) is 2. The quantitative estimate of drug-likeness (QED) is 0.721. The second kappa shape index (κ2) is 6.68. The molecule has 0 saturated carbocycles. The molecular formula is C14H16BF3KNO2. The molecule has 0 fully saturated rings. The predicted molar refractivity (Wildman–Crippen MR) is 77.0 cm³/mol. The Balaban J connectivity index is 0.00000242. The molecule has 2 rings (SSSR count). The van der Waals surface area contributed by atoms with Crippen molar-refractivity contribution in [3.8, 4) is 0 Å². The van der Waals surface area contributed by atoms with Crippen molar-refractivity contribution in [2.75, 3.05) is 0 Å². The molecular weight excluding hydrogens is 321 g/mol. The van der Waals surface area contributed by atoms with E-state index in [0.717, 1.165) is 12.1 Å². The molecule has 1 aromatic heterocycles. The van der Waals surface area contributed by atoms with Crippen molar-refractivity contribution in [3.05, 3.63) is 30.0 Å². The molecule has 114 valence electrons. The van der Waals surface area contributed by atoms with E-state index >= 15 is 0 Å². The molecule has 2 aromatic rings. The van der Waals surface area contributed by atoms with E-state index in [-0.39, 0.29) is 51.4 Å². The predicted octanol–water partition coefficient (Wildman–Crippen LogP) is 0.791. The first-order valence-corrected chi connectivity index (χ1v) is 6.54. The molecule has 0 amide bonds. The summed E-state index contributed by atoms with van der Waals surface area (Å²) in [5.41, 5.74) is -0.407. The Bertz CT molecular complexity index is 704. The van der Waals surface area contributed by atoms with Crippen LogP contribution in [-0.2, 0) is 4.74 Å². The molecule has 0 atom stereocenters. The first kappa shape index (κ1) is 19.8. The molecule has 0 spiro atoms. The average Bonchev–Trinajstić information content (AvgIpc) is 2.59. The molecule has 0 aliphatic heterocycles. The minimum absolute atomic E-state index is 0. The molecule has 0 bridgehead atoms. The SMILES string of the molecule is Cc1cc2cc([B-](F)(F)F)ccc2n1C(=O)OC(C)(C)C.[K+]. The Labute approximate surface area is 169 Å². The zero-order valence-electron chi connectivity index (χ0n) is 13.3. The van der Waals surface area contributed by atoms with Crippen molar-refractivity contribution in [3.63, 3.8) is 0 Å². The van der Waals surface area contributed by atoms with Crippen LogP contribution in [-0.4, -0.2) is 23.2 Å². The van der Waals surface area contributed by atoms with Gasteiger partial charge in [-0.2, -0.15) is 0 Å². The number of aromatic nitrogens is 1. The third-order valence-corrected chi connectivity index (χ3v) is 2.96. The fourth-order valence-electron chi connectivity index (χ4n) is 2.13. The van der Waals surface area contributed by atoms with Gasteiger partial charge in [-0.1, -0.05) is 12.1 Å². The summed E-state index contributed by atoms with van der Waals surface area (Å²) in [5, 5.41) is 0.370. The van der Waals surface area contributed by atoms with Crippen molar-refractivity contribution in [2.24, 2.45) is 0 Å². The van der Waals surface area contributed by atoms with E-state index in [0.29, 0.717) is 16.6 Å². The number of rotatable bonds is 1. The minimum Gasteiger partial charge on any atom is -0.445 e. The Morgan fingerprint density at radius 3 is 2.27 bits per heavy atom. The molecule has 8 heteroatoms. The molecule has 0 aliphatic rings. The number of nitrogens with zero attached hydrogens (tertiary/aromatic N) is 1. The van der Waals surface area contributed by atoms with Crippen LogP contribution in [0.4, 0.5) is 17.7 Å². The van der Waals surface area contributed by atoms with Gasteiger partial charge in [-0.15, -0.1) is 5.46 Å². The third kappa shape index (κ3) is 4.38. The number of benzene rings is 1. The van der Waals surface area contributed by atoms with E-state index in [1.165, 1.54) is 10.6 Å². The van der Waals surface area contributed by atoms with Gasteiger partial charge in [0.1, 0.15) is 5.60 Å². The van der Waals surface area contributed by atoms with Crippen LogP contribution in [0, 0.1) is 6.92 Å². The number of aryl methyl sites for hydroxylation is 1. The van der Waals surface area contributed by atoms with Crippen LogP contribution in [0.1, 0.15) is 26.5 Å². The van der Waals surface area contributed by atoms with Gasteiger partial charge in [0, 0.05) is 5.69 Å². The summed E-state index contributed by atoms with van der Waals surface area (Å²) >= 11 is 0. The van der Waals surface area contributed by atoms with Crippen molar-refractivity contribution in [1.82, 2.24) is 4.57 Å². The molecule has 22 heavy (non-hydrogen) atoms. The number of halogens is 3. The van der Waals surface area contributed by atoms with Gasteiger partial charge >= 0.3 is 64.5 Å². The average molecular weight is 337 g/mol. The van der Waals surface area contributed by atoms with Gasteiger partial charge in [0.15, 0.2) is 0 Å². The monoisotopic (exact) mass is 337 g/mol. The summed E-state index contributed by atoms with van der Waals surface area (Å²) in [5.74, 6) is 0. The largest absolute Gasteiger partial charge is 1.00 e. The number of ether oxygens (including phenoxy) is 1. The van der Waals surface area contributed by atoms with Gasteiger partial charge in [-0.3, -0.25) is 0 Å². The van der Waals surface area contributed by atoms with Crippen LogP contribution in [0.15, 0.2) is 24.3 Å². The molecule has 0 saturated heterocycles. The van der Waals surface area contributed by atoms with E-state index < -0.39 is 24.1 Å². The van der Waals surface area contributed by atoms with Crippen LogP contribution in [0.2, 0.25) is 0 Å². The minimum atomic E-state index is -5.06. The molecule has 0 radical (unpaired) electrons. The zero-order valence-corrected chi connectivity index (χ0v) is 16.4. The number of hydrogen-bond donors (Lipinski definition) is 0. The molecule has 0 unspecified atom stereocenters. The number of fused-ring (bicyclic) bond motifs is 1. The van der Waals surface area contributed by atoms with Crippen molar-refractivity contribution < 1.29 is 73.9 Å². The molecule has 0 aliphatic carbocycles. The van der Waals surface area contributed by atoms with E-state index in [2.05, 4.69) is 0 Å². The van der Waals surface area contributed by atoms with Gasteiger partial charge in [-0.05, 0) is 45.2 Å². The van der Waals surface area contributed by atoms with Gasteiger partial charge in [0.2, 0.25) is 0 Å². The van der Waals surface area contributed by atoms with Crippen molar-refractivity contribution in [1.29, 1.82) is 0 Å². The molecule has 1 aromatic carbocycles. The van der Waals surface area contributed by atoms with Crippen molar-refractivity contribution in [2.45, 2.75) is 33.3 Å². The topological polar surface area (TPSA) is 31.2 Å². The Hall–Kier alpha value is -0.279. The fraction of sp³-hybridized carbons (Fsp3) is 0.357. The summed E-state index contributed by atoms with van der Waals surface area (Å²) in [6.07, 6.45) is -0.597. The van der Waals surface area contributed by atoms with Crippen LogP contribution in [0.3, 0.4) is 0 Å². The standard InChI is InChI=1S/C14H16BF3NO2.K/c1-9-7-10-8-11(15(16,17)18)5-6-12(10)19(9)13(20)21-14(2,3)4;/h5-8H,1-4H3;/q-1;+1. The Morgan fingerprint density at radius 1 is 1.18 bits per heavy atom. The van der Waals surface area contributed by atoms with E-state index in [4.69, 9.17) is 4.74 Å². The van der Waals surface area contributed by atoms with Gasteiger partial charge in [0.25, 0.3) is 0 Å². The van der Waals surface area contributed by atoms with Crippen LogP contribution >= 0.6 is 0 Å². The van der Waals surface area contributed by atoms with E-state index in [1.807, 2.05) is 0 Å². The summed E-state index contributed by atoms with van der Waals surface area (Å²) in [4.78, 5) is 12.2. The fourth-order valence-corrected chi connectivity index (χ4v) is 2.13.